The molecule has 7 heteroatoms. The van der Waals surface area contributed by atoms with Gasteiger partial charge in [0.15, 0.2) is 0 Å². The van der Waals surface area contributed by atoms with Gasteiger partial charge in [-0.3, -0.25) is 4.79 Å². The normalized spacial score (nSPS) is 11.7. The predicted molar refractivity (Wildman–Crippen MR) is 93.5 cm³/mol. The second-order valence-corrected chi connectivity index (χ2v) is 6.01. The summed E-state index contributed by atoms with van der Waals surface area (Å²) in [5, 5.41) is 3.29. The van der Waals surface area contributed by atoms with Crippen LogP contribution >= 0.6 is 15.9 Å². The van der Waals surface area contributed by atoms with E-state index in [1.165, 1.54) is 7.11 Å². The summed E-state index contributed by atoms with van der Waals surface area (Å²) in [7, 11) is 1.32. The lowest BCUT2D eigenvalue weighted by atomic mass is 10.1. The molecular weight excluding hydrogens is 364 g/mol. The van der Waals surface area contributed by atoms with Gasteiger partial charge in [0.2, 0.25) is 0 Å². The second kappa shape index (κ2) is 9.39. The molecule has 1 rings (SSSR count). The Morgan fingerprint density at radius 3 is 2.65 bits per heavy atom. The predicted octanol–water partition coefficient (Wildman–Crippen LogP) is 3.35. The summed E-state index contributed by atoms with van der Waals surface area (Å²) < 4.78 is 10.3. The molecule has 0 aromatic heterocycles. The van der Waals surface area contributed by atoms with E-state index in [0.29, 0.717) is 28.8 Å². The first-order valence-corrected chi connectivity index (χ1v) is 8.27. The number of nitrogens with two attached hydrogens (primary N) is 1. The maximum absolute atomic E-state index is 11.5. The zero-order valence-corrected chi connectivity index (χ0v) is 15.2. The molecule has 6 nitrogen and oxygen atoms in total. The zero-order valence-electron chi connectivity index (χ0n) is 13.6. The van der Waals surface area contributed by atoms with Crippen LogP contribution in [0.3, 0.4) is 0 Å². The molecule has 0 radical (unpaired) electrons. The maximum atomic E-state index is 11.5. The molecule has 0 saturated heterocycles. The van der Waals surface area contributed by atoms with E-state index in [-0.39, 0.29) is 12.0 Å². The van der Waals surface area contributed by atoms with Gasteiger partial charge < -0.3 is 20.5 Å². The first-order chi connectivity index (χ1) is 10.9. The molecule has 1 aromatic carbocycles. The van der Waals surface area contributed by atoms with Crippen molar-refractivity contribution in [3.63, 3.8) is 0 Å². The minimum Gasteiger partial charge on any atom is -0.466 e. The van der Waals surface area contributed by atoms with Gasteiger partial charge in [-0.1, -0.05) is 0 Å². The van der Waals surface area contributed by atoms with Crippen molar-refractivity contribution >= 4 is 39.2 Å². The first-order valence-electron chi connectivity index (χ1n) is 7.48. The van der Waals surface area contributed by atoms with Gasteiger partial charge >= 0.3 is 11.9 Å². The van der Waals surface area contributed by atoms with E-state index in [1.54, 1.807) is 19.1 Å². The number of hydrogen-bond acceptors (Lipinski definition) is 6. The highest BCUT2D eigenvalue weighted by atomic mass is 79.9. The third kappa shape index (κ3) is 6.09. The van der Waals surface area contributed by atoms with Gasteiger partial charge in [-0.2, -0.15) is 0 Å². The first kappa shape index (κ1) is 19.3. The van der Waals surface area contributed by atoms with Crippen LogP contribution < -0.4 is 11.1 Å². The van der Waals surface area contributed by atoms with Gasteiger partial charge in [-0.05, 0) is 54.8 Å². The van der Waals surface area contributed by atoms with Crippen LogP contribution in [0.15, 0.2) is 16.6 Å². The second-order valence-electron chi connectivity index (χ2n) is 5.16. The van der Waals surface area contributed by atoms with Gasteiger partial charge in [0.05, 0.1) is 30.7 Å². The van der Waals surface area contributed by atoms with E-state index in [2.05, 4.69) is 26.0 Å². The molecule has 0 aliphatic carbocycles. The molecule has 23 heavy (non-hydrogen) atoms. The molecule has 0 unspecified atom stereocenters. The Balaban J connectivity index is 2.63. The molecular formula is C16H23BrN2O4. The highest BCUT2D eigenvalue weighted by Gasteiger charge is 2.14. The van der Waals surface area contributed by atoms with Crippen molar-refractivity contribution in [3.8, 4) is 0 Å². The summed E-state index contributed by atoms with van der Waals surface area (Å²) in [6.07, 6.45) is 1.92. The smallest absolute Gasteiger partial charge is 0.337 e. The lowest BCUT2D eigenvalue weighted by molar-refractivity contribution is -0.143. The molecule has 0 saturated carbocycles. The minimum atomic E-state index is -0.438. The van der Waals surface area contributed by atoms with Crippen molar-refractivity contribution in [1.29, 1.82) is 0 Å². The fourth-order valence-electron chi connectivity index (χ4n) is 2.12. The quantitative estimate of drug-likeness (QED) is 0.525. The van der Waals surface area contributed by atoms with Gasteiger partial charge in [0, 0.05) is 16.9 Å². The summed E-state index contributed by atoms with van der Waals surface area (Å²) >= 11 is 3.41. The Morgan fingerprint density at radius 2 is 2.09 bits per heavy atom. The van der Waals surface area contributed by atoms with Crippen LogP contribution in [0.25, 0.3) is 0 Å². The van der Waals surface area contributed by atoms with Crippen LogP contribution in [0.5, 0.6) is 0 Å². The number of esters is 2. The molecule has 1 atom stereocenters. The number of ether oxygens (including phenoxy) is 2. The summed E-state index contributed by atoms with van der Waals surface area (Å²) in [4.78, 5) is 22.9. The topological polar surface area (TPSA) is 90.6 Å². The zero-order chi connectivity index (χ0) is 17.4. The van der Waals surface area contributed by atoms with E-state index in [9.17, 15) is 9.59 Å². The fraction of sp³-hybridized carbons (Fsp3) is 0.500. The maximum Gasteiger partial charge on any atom is 0.337 e. The minimum absolute atomic E-state index is 0.118. The van der Waals surface area contributed by atoms with Crippen LogP contribution in [0.4, 0.5) is 11.4 Å². The molecule has 3 N–H and O–H groups in total. The third-order valence-corrected chi connectivity index (χ3v) is 3.88. The van der Waals surface area contributed by atoms with Gasteiger partial charge in [0.1, 0.15) is 0 Å². The lowest BCUT2D eigenvalue weighted by Crippen LogP contribution is -2.17. The lowest BCUT2D eigenvalue weighted by Gasteiger charge is -2.18. The summed E-state index contributed by atoms with van der Waals surface area (Å²) in [5.74, 6) is -0.616. The number of benzene rings is 1. The average Bonchev–Trinajstić information content (AvgIpc) is 2.50. The highest BCUT2D eigenvalue weighted by Crippen LogP contribution is 2.31. The van der Waals surface area contributed by atoms with E-state index < -0.39 is 5.97 Å². The molecule has 0 amide bonds. The Kier molecular flexibility index (Phi) is 7.88. The van der Waals surface area contributed by atoms with Gasteiger partial charge in [-0.15, -0.1) is 0 Å². The van der Waals surface area contributed by atoms with Gasteiger partial charge in [-0.25, -0.2) is 4.79 Å². The number of rotatable bonds is 8. The summed E-state index contributed by atoms with van der Waals surface area (Å²) in [5.41, 5.74) is 7.57. The van der Waals surface area contributed by atoms with Crippen molar-refractivity contribution in [2.24, 2.45) is 0 Å². The number of nitrogens with one attached hydrogen (secondary N) is 1. The van der Waals surface area contributed by atoms with E-state index in [1.807, 2.05) is 6.92 Å². The SMILES string of the molecule is CCOC(=O)CCC[C@@H](C)Nc1c(N)cc(C(=O)OC)cc1Br. The highest BCUT2D eigenvalue weighted by molar-refractivity contribution is 9.10. The molecule has 0 fully saturated rings. The number of anilines is 2. The van der Waals surface area contributed by atoms with E-state index >= 15 is 0 Å². The van der Waals surface area contributed by atoms with Crippen molar-refractivity contribution in [2.45, 2.75) is 39.2 Å². The van der Waals surface area contributed by atoms with Gasteiger partial charge in [0.25, 0.3) is 0 Å². The van der Waals surface area contributed by atoms with Crippen molar-refractivity contribution in [1.82, 2.24) is 0 Å². The van der Waals surface area contributed by atoms with Crippen molar-refractivity contribution in [3.05, 3.63) is 22.2 Å². The molecule has 0 spiro atoms. The van der Waals surface area contributed by atoms with E-state index in [0.717, 1.165) is 18.5 Å². The fourth-order valence-corrected chi connectivity index (χ4v) is 2.71. The molecule has 0 aliphatic heterocycles. The Hall–Kier alpha value is -1.76. The monoisotopic (exact) mass is 386 g/mol. The molecule has 0 heterocycles. The molecule has 128 valence electrons. The Morgan fingerprint density at radius 1 is 1.39 bits per heavy atom. The van der Waals surface area contributed by atoms with Crippen LogP contribution in [0.1, 0.15) is 43.5 Å². The number of carbonyl (C=O) groups excluding carboxylic acids is 2. The van der Waals surface area contributed by atoms with Crippen LogP contribution in [-0.4, -0.2) is 31.7 Å². The van der Waals surface area contributed by atoms with E-state index in [4.69, 9.17) is 10.5 Å². The Bertz CT molecular complexity index is 540. The van der Waals surface area contributed by atoms with Crippen LogP contribution in [0, 0.1) is 0 Å². The van der Waals surface area contributed by atoms with Crippen LogP contribution in [0.2, 0.25) is 0 Å². The van der Waals surface area contributed by atoms with Crippen LogP contribution in [-0.2, 0) is 14.3 Å². The summed E-state index contributed by atoms with van der Waals surface area (Å²) in [6.45, 7) is 4.20. The molecule has 1 aromatic rings. The van der Waals surface area contributed by atoms with Crippen molar-refractivity contribution < 1.29 is 19.1 Å². The Labute approximate surface area is 144 Å². The van der Waals surface area contributed by atoms with Crippen molar-refractivity contribution in [2.75, 3.05) is 24.8 Å². The number of hydrogen-bond donors (Lipinski definition) is 2. The molecule has 0 bridgehead atoms. The number of nitrogen functional groups attached to an aromatic ring is 1. The standard InChI is InChI=1S/C16H23BrN2O4/c1-4-23-14(20)7-5-6-10(2)19-15-12(17)8-11(9-13(15)18)16(21)22-3/h8-10,19H,4-7,18H2,1-3H3/t10-/m1/s1. The number of halogens is 1. The summed E-state index contributed by atoms with van der Waals surface area (Å²) in [6, 6.07) is 3.35. The average molecular weight is 387 g/mol. The molecule has 0 aliphatic rings. The number of methoxy groups -OCH3 is 1. The number of carbonyl (C=O) groups is 2. The third-order valence-electron chi connectivity index (χ3n) is 3.26. The largest absolute Gasteiger partial charge is 0.466 e.